The first-order valence-electron chi connectivity index (χ1n) is 10.8. The first-order valence-corrected chi connectivity index (χ1v) is 10.8. The van der Waals surface area contributed by atoms with Gasteiger partial charge in [0, 0.05) is 26.7 Å². The normalized spacial score (nSPS) is 12.9. The lowest BCUT2D eigenvalue weighted by atomic mass is 9.92. The van der Waals surface area contributed by atoms with Crippen LogP contribution >= 0.6 is 0 Å². The number of nitrogens with one attached hydrogen (secondary N) is 1. The third kappa shape index (κ3) is 7.88. The molecule has 0 spiro atoms. The van der Waals surface area contributed by atoms with E-state index in [9.17, 15) is 27.1 Å². The molecule has 1 unspecified atom stereocenters. The largest absolute Gasteiger partial charge is 0.380 e. The number of hydrogen-bond acceptors (Lipinski definition) is 4. The summed E-state index contributed by atoms with van der Waals surface area (Å²) in [6, 6.07) is 0. The summed E-state index contributed by atoms with van der Waals surface area (Å²) >= 11 is 0. The lowest BCUT2D eigenvalue weighted by Gasteiger charge is -2.33. The fourth-order valence-electron chi connectivity index (χ4n) is 3.59. The quantitative estimate of drug-likeness (QED) is 0.101. The smallest absolute Gasteiger partial charge is 0.282 e. The molecule has 0 fully saturated rings. The number of rotatable bonds is 16. The third-order valence-electron chi connectivity index (χ3n) is 5.50. The zero-order valence-corrected chi connectivity index (χ0v) is 18.5. The van der Waals surface area contributed by atoms with Crippen LogP contribution in [0.15, 0.2) is 0 Å². The summed E-state index contributed by atoms with van der Waals surface area (Å²) < 4.78 is 77.3. The van der Waals surface area contributed by atoms with Gasteiger partial charge in [0.1, 0.15) is 5.69 Å². The molecule has 1 atom stereocenters. The van der Waals surface area contributed by atoms with Gasteiger partial charge in [-0.15, -0.1) is 0 Å². The maximum absolute atomic E-state index is 13.7. The van der Waals surface area contributed by atoms with Gasteiger partial charge in [0.25, 0.3) is 5.97 Å². The van der Waals surface area contributed by atoms with Gasteiger partial charge in [0.05, 0.1) is 0 Å². The highest BCUT2D eigenvalue weighted by atomic mass is 19.2. The Morgan fingerprint density at radius 3 is 1.71 bits per heavy atom. The van der Waals surface area contributed by atoms with E-state index >= 15 is 0 Å². The maximum Gasteiger partial charge on any atom is 0.282 e. The average molecular weight is 456 g/mol. The highest BCUT2D eigenvalue weighted by Crippen LogP contribution is 2.31. The van der Waals surface area contributed by atoms with Gasteiger partial charge in [-0.3, -0.25) is 0 Å². The van der Waals surface area contributed by atoms with E-state index in [1.807, 2.05) is 0 Å². The second kappa shape index (κ2) is 13.9. The topological polar surface area (TPSA) is 50.7 Å². The minimum atomic E-state index is -2.18. The molecule has 0 aromatic heterocycles. The van der Waals surface area contributed by atoms with Crippen molar-refractivity contribution in [2.75, 3.05) is 26.1 Å². The predicted octanol–water partition coefficient (Wildman–Crippen LogP) is 6.27. The van der Waals surface area contributed by atoms with E-state index in [0.717, 1.165) is 25.7 Å². The van der Waals surface area contributed by atoms with E-state index in [1.54, 1.807) is 0 Å². The Morgan fingerprint density at radius 1 is 0.742 bits per heavy atom. The summed E-state index contributed by atoms with van der Waals surface area (Å²) in [5, 5.41) is 12.8. The molecule has 0 saturated heterocycles. The fourth-order valence-corrected chi connectivity index (χ4v) is 3.59. The van der Waals surface area contributed by atoms with E-state index in [4.69, 9.17) is 9.47 Å². The second-order valence-electron chi connectivity index (χ2n) is 7.66. The Balaban J connectivity index is 2.56. The maximum atomic E-state index is 13.7. The summed E-state index contributed by atoms with van der Waals surface area (Å²) in [5.41, 5.74) is -1.04. The molecule has 0 aliphatic heterocycles. The molecule has 1 rings (SSSR count). The van der Waals surface area contributed by atoms with Crippen molar-refractivity contribution in [3.8, 4) is 0 Å². The Labute approximate surface area is 181 Å². The van der Waals surface area contributed by atoms with Crippen molar-refractivity contribution in [1.29, 1.82) is 0 Å². The van der Waals surface area contributed by atoms with E-state index in [0.29, 0.717) is 25.7 Å². The predicted molar refractivity (Wildman–Crippen MR) is 109 cm³/mol. The van der Waals surface area contributed by atoms with Gasteiger partial charge in [-0.25, -0.2) is 22.0 Å². The molecule has 0 radical (unpaired) electrons. The first-order chi connectivity index (χ1) is 14.7. The minimum absolute atomic E-state index is 0.000479. The number of unbranched alkanes of at least 4 members (excludes halogenated alkanes) is 6. The molecule has 2 N–H and O–H groups in total. The first kappa shape index (κ1) is 27.6. The number of hydrogen-bond donors (Lipinski definition) is 2. The molecule has 1 aromatic carbocycles. The van der Waals surface area contributed by atoms with Crippen molar-refractivity contribution >= 4 is 5.69 Å². The van der Waals surface area contributed by atoms with Crippen molar-refractivity contribution in [3.63, 3.8) is 0 Å². The van der Waals surface area contributed by atoms with Crippen molar-refractivity contribution < 1.29 is 36.5 Å². The van der Waals surface area contributed by atoms with Gasteiger partial charge < -0.3 is 19.9 Å². The van der Waals surface area contributed by atoms with E-state index in [1.165, 1.54) is 27.1 Å². The second-order valence-corrected chi connectivity index (χ2v) is 7.66. The zero-order chi connectivity index (χ0) is 23.4. The molecule has 0 aliphatic carbocycles. The third-order valence-corrected chi connectivity index (χ3v) is 5.50. The molecule has 1 aromatic rings. The van der Waals surface area contributed by atoms with Crippen LogP contribution in [0.1, 0.15) is 71.1 Å². The molecule has 31 heavy (non-hydrogen) atoms. The number of aliphatic hydroxyl groups is 1. The number of anilines is 1. The molecule has 180 valence electrons. The average Bonchev–Trinajstić information content (AvgIpc) is 2.78. The van der Waals surface area contributed by atoms with E-state index < -0.39 is 40.7 Å². The van der Waals surface area contributed by atoms with Crippen LogP contribution < -0.4 is 5.32 Å². The highest BCUT2D eigenvalue weighted by Gasteiger charge is 2.36. The lowest BCUT2D eigenvalue weighted by Crippen LogP contribution is -2.42. The monoisotopic (exact) mass is 455 g/mol. The van der Waals surface area contributed by atoms with Crippen molar-refractivity contribution in [2.24, 2.45) is 5.92 Å². The standard InChI is InChI=1S/C22H34F5NO3/c1-4-5-6-7-8-9-12-15(22(29,30-2)31-3)13-10-11-14-28-21-19(26)17(24)16(23)18(25)20(21)27/h15,28-29H,4-14H2,1-3H3. The number of ether oxygens (including phenoxy) is 2. The van der Waals surface area contributed by atoms with E-state index in [-0.39, 0.29) is 12.5 Å². The molecule has 0 bridgehead atoms. The van der Waals surface area contributed by atoms with Crippen LogP contribution in [-0.2, 0) is 9.47 Å². The summed E-state index contributed by atoms with van der Waals surface area (Å²) in [6.45, 7) is 2.15. The summed E-state index contributed by atoms with van der Waals surface area (Å²) in [7, 11) is 2.70. The van der Waals surface area contributed by atoms with Gasteiger partial charge in [-0.05, 0) is 19.3 Å². The van der Waals surface area contributed by atoms with Gasteiger partial charge in [0.15, 0.2) is 23.3 Å². The number of halogens is 5. The number of methoxy groups -OCH3 is 2. The summed E-state index contributed by atoms with van der Waals surface area (Å²) in [5.74, 6) is -12.0. The molecule has 0 saturated carbocycles. The van der Waals surface area contributed by atoms with Crippen molar-refractivity contribution in [1.82, 2.24) is 0 Å². The summed E-state index contributed by atoms with van der Waals surface area (Å²) in [4.78, 5) is 0. The Bertz CT molecular complexity index is 642. The summed E-state index contributed by atoms with van der Waals surface area (Å²) in [6.07, 6.45) is 8.66. The molecular weight excluding hydrogens is 421 g/mol. The Morgan fingerprint density at radius 2 is 1.19 bits per heavy atom. The zero-order valence-electron chi connectivity index (χ0n) is 18.5. The van der Waals surface area contributed by atoms with Gasteiger partial charge in [0.2, 0.25) is 5.82 Å². The van der Waals surface area contributed by atoms with Gasteiger partial charge >= 0.3 is 0 Å². The fraction of sp³-hybridized carbons (Fsp3) is 0.727. The van der Waals surface area contributed by atoms with E-state index in [2.05, 4.69) is 12.2 Å². The van der Waals surface area contributed by atoms with Crippen LogP contribution in [0.25, 0.3) is 0 Å². The molecule has 0 amide bonds. The molecule has 0 heterocycles. The lowest BCUT2D eigenvalue weighted by molar-refractivity contribution is -0.369. The van der Waals surface area contributed by atoms with Crippen LogP contribution in [0.4, 0.5) is 27.6 Å². The van der Waals surface area contributed by atoms with Gasteiger partial charge in [-0.2, -0.15) is 0 Å². The Hall–Kier alpha value is -1.45. The minimum Gasteiger partial charge on any atom is -0.380 e. The molecule has 9 heteroatoms. The van der Waals surface area contributed by atoms with Crippen LogP contribution in [0.2, 0.25) is 0 Å². The van der Waals surface area contributed by atoms with Crippen LogP contribution in [0.5, 0.6) is 0 Å². The molecule has 4 nitrogen and oxygen atoms in total. The SMILES string of the molecule is CCCCCCCCC(CCCCNc1c(F)c(F)c(F)c(F)c1F)C(O)(OC)OC. The number of benzene rings is 1. The molecular formula is C22H34F5NO3. The van der Waals surface area contributed by atoms with Crippen LogP contribution in [-0.4, -0.2) is 31.8 Å². The van der Waals surface area contributed by atoms with Crippen molar-refractivity contribution in [3.05, 3.63) is 29.1 Å². The van der Waals surface area contributed by atoms with Crippen LogP contribution in [0.3, 0.4) is 0 Å². The van der Waals surface area contributed by atoms with Gasteiger partial charge in [-0.1, -0.05) is 51.9 Å². The molecule has 0 aliphatic rings. The van der Waals surface area contributed by atoms with Crippen molar-refractivity contribution in [2.45, 2.75) is 77.1 Å². The Kier molecular flexibility index (Phi) is 12.3. The van der Waals surface area contributed by atoms with Crippen LogP contribution in [0, 0.1) is 35.0 Å². The highest BCUT2D eigenvalue weighted by molar-refractivity contribution is 5.47.